The third-order valence-corrected chi connectivity index (χ3v) is 7.87. The minimum absolute atomic E-state index is 0.125. The number of hydrogen-bond acceptors (Lipinski definition) is 5. The number of nitrogens with zero attached hydrogens (tertiary/aromatic N) is 1. The molecule has 1 heterocycles. The minimum atomic E-state index is -4.36. The lowest BCUT2D eigenvalue weighted by molar-refractivity contribution is -0.0155. The molecule has 0 atom stereocenters. The zero-order chi connectivity index (χ0) is 23.2. The second-order valence-electron chi connectivity index (χ2n) is 8.95. The first kappa shape index (κ1) is 21.8. The van der Waals surface area contributed by atoms with Crippen molar-refractivity contribution < 1.29 is 22.3 Å². The van der Waals surface area contributed by atoms with E-state index in [1.807, 2.05) is 19.1 Å². The molecule has 0 aromatic heterocycles. The van der Waals surface area contributed by atoms with Crippen molar-refractivity contribution in [2.75, 3.05) is 0 Å². The Balaban J connectivity index is 1.51. The van der Waals surface area contributed by atoms with Crippen LogP contribution in [-0.2, 0) is 20.8 Å². The molecule has 0 saturated heterocycles. The molecule has 2 aliphatic rings. The van der Waals surface area contributed by atoms with Crippen LogP contribution in [0.15, 0.2) is 59.5 Å². The van der Waals surface area contributed by atoms with Crippen LogP contribution in [0.5, 0.6) is 0 Å². The van der Waals surface area contributed by atoms with E-state index < -0.39 is 21.9 Å². The molecule has 2 amide bonds. The van der Waals surface area contributed by atoms with Gasteiger partial charge in [0.1, 0.15) is 0 Å². The molecular weight excluding hydrogens is 438 g/mol. The van der Waals surface area contributed by atoms with Gasteiger partial charge >= 0.3 is 10.1 Å². The molecule has 1 aliphatic heterocycles. The zero-order valence-electron chi connectivity index (χ0n) is 18.4. The van der Waals surface area contributed by atoms with Crippen molar-refractivity contribution in [3.05, 3.63) is 76.9 Å². The van der Waals surface area contributed by atoms with E-state index in [2.05, 4.69) is 0 Å². The molecule has 1 aliphatic carbocycles. The summed E-state index contributed by atoms with van der Waals surface area (Å²) >= 11 is 0. The van der Waals surface area contributed by atoms with Gasteiger partial charge in [0.05, 0.1) is 16.0 Å². The highest BCUT2D eigenvalue weighted by Gasteiger charge is 2.38. The van der Waals surface area contributed by atoms with Crippen LogP contribution in [-0.4, -0.2) is 25.3 Å². The Labute approximate surface area is 193 Å². The van der Waals surface area contributed by atoms with Gasteiger partial charge in [0.2, 0.25) is 0 Å². The van der Waals surface area contributed by atoms with Crippen molar-refractivity contribution in [2.24, 2.45) is 5.92 Å². The Morgan fingerprint density at radius 3 is 2.24 bits per heavy atom. The Morgan fingerprint density at radius 2 is 1.55 bits per heavy atom. The van der Waals surface area contributed by atoms with E-state index in [0.717, 1.165) is 22.9 Å². The SMILES string of the molecule is Cc1ccc(S(=O)(=O)ON2C(=O)c3cccc4c(CC5CCCCC5)ccc(c34)C2=O)cc1. The van der Waals surface area contributed by atoms with E-state index in [0.29, 0.717) is 16.4 Å². The van der Waals surface area contributed by atoms with Crippen LogP contribution in [0.1, 0.15) is 63.9 Å². The summed E-state index contributed by atoms with van der Waals surface area (Å²) in [5.74, 6) is -0.947. The topological polar surface area (TPSA) is 80.8 Å². The van der Waals surface area contributed by atoms with Crippen molar-refractivity contribution in [1.29, 1.82) is 0 Å². The lowest BCUT2D eigenvalue weighted by atomic mass is 9.82. The molecule has 3 aromatic carbocycles. The van der Waals surface area contributed by atoms with Crippen LogP contribution < -0.4 is 0 Å². The van der Waals surface area contributed by atoms with E-state index in [9.17, 15) is 18.0 Å². The van der Waals surface area contributed by atoms with Gasteiger partial charge in [-0.15, -0.1) is 9.35 Å². The summed E-state index contributed by atoms with van der Waals surface area (Å²) in [7, 11) is -4.36. The summed E-state index contributed by atoms with van der Waals surface area (Å²) in [4.78, 5) is 26.3. The van der Waals surface area contributed by atoms with Crippen molar-refractivity contribution in [1.82, 2.24) is 5.06 Å². The number of imide groups is 1. The third-order valence-electron chi connectivity index (χ3n) is 6.68. The summed E-state index contributed by atoms with van der Waals surface area (Å²) in [6, 6.07) is 14.9. The van der Waals surface area contributed by atoms with Crippen LogP contribution in [0.25, 0.3) is 10.8 Å². The fourth-order valence-electron chi connectivity index (χ4n) is 4.93. The Bertz CT molecular complexity index is 1330. The number of aryl methyl sites for hydroxylation is 1. The van der Waals surface area contributed by atoms with Crippen LogP contribution in [0.4, 0.5) is 0 Å². The first-order valence-electron chi connectivity index (χ1n) is 11.3. The first-order valence-corrected chi connectivity index (χ1v) is 12.7. The zero-order valence-corrected chi connectivity index (χ0v) is 19.2. The number of carbonyl (C=O) groups excluding carboxylic acids is 2. The van der Waals surface area contributed by atoms with Gasteiger partial charge in [-0.1, -0.05) is 68.0 Å². The van der Waals surface area contributed by atoms with Crippen LogP contribution in [0.3, 0.4) is 0 Å². The maximum absolute atomic E-state index is 13.2. The molecule has 7 heteroatoms. The maximum atomic E-state index is 13.2. The van der Waals surface area contributed by atoms with E-state index >= 15 is 0 Å². The Kier molecular flexibility index (Phi) is 5.54. The molecule has 3 aromatic rings. The van der Waals surface area contributed by atoms with E-state index in [1.165, 1.54) is 44.2 Å². The highest BCUT2D eigenvalue weighted by atomic mass is 32.2. The fourth-order valence-corrected chi connectivity index (χ4v) is 5.82. The average molecular weight is 464 g/mol. The van der Waals surface area contributed by atoms with Crippen molar-refractivity contribution >= 4 is 32.7 Å². The number of hydroxylamine groups is 2. The van der Waals surface area contributed by atoms with Crippen LogP contribution in [0, 0.1) is 12.8 Å². The molecule has 170 valence electrons. The standard InChI is InChI=1S/C26H25NO5S/c1-17-10-13-20(14-11-17)33(30,31)32-27-25(28)22-9-5-8-21-19(16-18-6-3-2-4-7-18)12-15-23(24(21)22)26(27)29/h5,8-15,18H,2-4,6-7,16H2,1H3. The molecule has 1 fully saturated rings. The number of benzene rings is 3. The number of amides is 2. The van der Waals surface area contributed by atoms with Gasteiger partial charge < -0.3 is 0 Å². The molecule has 6 nitrogen and oxygen atoms in total. The predicted molar refractivity (Wildman–Crippen MR) is 124 cm³/mol. The summed E-state index contributed by atoms with van der Waals surface area (Å²) < 4.78 is 30.6. The molecule has 0 unspecified atom stereocenters. The van der Waals surface area contributed by atoms with E-state index in [4.69, 9.17) is 4.28 Å². The Hall–Kier alpha value is -3.03. The van der Waals surface area contributed by atoms with Gasteiger partial charge in [0.15, 0.2) is 0 Å². The molecule has 5 rings (SSSR count). The second-order valence-corrected chi connectivity index (χ2v) is 10.5. The van der Waals surface area contributed by atoms with Gasteiger partial charge in [-0.2, -0.15) is 8.42 Å². The van der Waals surface area contributed by atoms with Crippen molar-refractivity contribution in [3.8, 4) is 0 Å². The molecule has 1 saturated carbocycles. The maximum Gasteiger partial charge on any atom is 0.318 e. The molecule has 0 radical (unpaired) electrons. The highest BCUT2D eigenvalue weighted by molar-refractivity contribution is 7.86. The normalized spacial score (nSPS) is 17.1. The number of hydrogen-bond donors (Lipinski definition) is 0. The van der Waals surface area contributed by atoms with Crippen molar-refractivity contribution in [2.45, 2.75) is 50.3 Å². The van der Waals surface area contributed by atoms with Crippen LogP contribution >= 0.6 is 0 Å². The summed E-state index contributed by atoms with van der Waals surface area (Å²) in [5, 5.41) is 1.82. The third kappa shape index (κ3) is 3.96. The summed E-state index contributed by atoms with van der Waals surface area (Å²) in [5.41, 5.74) is 2.53. The molecule has 0 N–H and O–H groups in total. The smallest absolute Gasteiger partial charge is 0.266 e. The minimum Gasteiger partial charge on any atom is -0.266 e. The lowest BCUT2D eigenvalue weighted by Crippen LogP contribution is -2.41. The largest absolute Gasteiger partial charge is 0.318 e. The monoisotopic (exact) mass is 463 g/mol. The highest BCUT2D eigenvalue weighted by Crippen LogP contribution is 2.35. The van der Waals surface area contributed by atoms with Gasteiger partial charge in [0, 0.05) is 5.39 Å². The van der Waals surface area contributed by atoms with E-state index in [1.54, 1.807) is 30.3 Å². The average Bonchev–Trinajstić information content (AvgIpc) is 2.82. The predicted octanol–water partition coefficient (Wildman–Crippen LogP) is 5.19. The molecular formula is C26H25NO5S. The van der Waals surface area contributed by atoms with Gasteiger partial charge in [-0.3, -0.25) is 9.59 Å². The quantitative estimate of drug-likeness (QED) is 0.487. The number of carbonyl (C=O) groups is 2. The summed E-state index contributed by atoms with van der Waals surface area (Å²) in [6.07, 6.45) is 7.06. The van der Waals surface area contributed by atoms with Gasteiger partial charge in [-0.05, 0) is 54.5 Å². The fraction of sp³-hybridized carbons (Fsp3) is 0.308. The first-order chi connectivity index (χ1) is 15.8. The van der Waals surface area contributed by atoms with E-state index in [-0.39, 0.29) is 16.0 Å². The van der Waals surface area contributed by atoms with Crippen LogP contribution in [0.2, 0.25) is 0 Å². The van der Waals surface area contributed by atoms with Gasteiger partial charge in [-0.25, -0.2) is 0 Å². The summed E-state index contributed by atoms with van der Waals surface area (Å²) in [6.45, 7) is 1.83. The number of rotatable bonds is 5. The molecule has 0 spiro atoms. The van der Waals surface area contributed by atoms with Gasteiger partial charge in [0.25, 0.3) is 11.8 Å². The van der Waals surface area contributed by atoms with Crippen molar-refractivity contribution in [3.63, 3.8) is 0 Å². The molecule has 33 heavy (non-hydrogen) atoms. The molecule has 0 bridgehead atoms. The Morgan fingerprint density at radius 1 is 0.879 bits per heavy atom. The second kappa shape index (κ2) is 8.39. The lowest BCUT2D eigenvalue weighted by Gasteiger charge is -2.27.